The molecule has 0 amide bonds. The maximum absolute atomic E-state index is 10.5. The molecule has 2 rings (SSSR count). The molecule has 0 saturated heterocycles. The molecule has 0 heterocycles. The summed E-state index contributed by atoms with van der Waals surface area (Å²) >= 11 is 0. The fourth-order valence-electron chi connectivity index (χ4n) is 2.62. The summed E-state index contributed by atoms with van der Waals surface area (Å²) in [6.45, 7) is 0. The molecule has 0 radical (unpaired) electrons. The summed E-state index contributed by atoms with van der Waals surface area (Å²) in [6, 6.07) is 5.47. The number of aliphatic hydroxyl groups is 1. The van der Waals surface area contributed by atoms with Gasteiger partial charge in [0.15, 0.2) is 0 Å². The number of benzene rings is 1. The van der Waals surface area contributed by atoms with Crippen molar-refractivity contribution in [3.05, 3.63) is 23.8 Å². The normalized spacial score (nSPS) is 18.5. The van der Waals surface area contributed by atoms with Crippen molar-refractivity contribution < 1.29 is 19.3 Å². The van der Waals surface area contributed by atoms with Crippen molar-refractivity contribution in [1.29, 1.82) is 0 Å². The van der Waals surface area contributed by atoms with E-state index in [1.807, 2.05) is 18.2 Å². The summed E-state index contributed by atoms with van der Waals surface area (Å²) in [5.74, 6) is 1.40. The molecule has 1 aromatic carbocycles. The Morgan fingerprint density at radius 2 is 1.95 bits per heavy atom. The van der Waals surface area contributed by atoms with Crippen molar-refractivity contribution in [3.63, 3.8) is 0 Å². The summed E-state index contributed by atoms with van der Waals surface area (Å²) in [7, 11) is 4.93. The average molecular weight is 266 g/mol. The second kappa shape index (κ2) is 5.80. The molecule has 1 aliphatic rings. The van der Waals surface area contributed by atoms with Crippen LogP contribution in [-0.4, -0.2) is 32.0 Å². The minimum atomic E-state index is -0.606. The van der Waals surface area contributed by atoms with Crippen LogP contribution in [0.1, 0.15) is 37.4 Å². The Morgan fingerprint density at radius 3 is 2.42 bits per heavy atom. The number of hydrogen-bond acceptors (Lipinski definition) is 4. The molecular weight excluding hydrogens is 244 g/mol. The third kappa shape index (κ3) is 2.85. The van der Waals surface area contributed by atoms with E-state index in [1.54, 1.807) is 21.3 Å². The van der Waals surface area contributed by atoms with Crippen LogP contribution in [0, 0.1) is 0 Å². The molecule has 19 heavy (non-hydrogen) atoms. The second-order valence-corrected chi connectivity index (χ2v) is 5.07. The highest BCUT2D eigenvalue weighted by Crippen LogP contribution is 2.43. The van der Waals surface area contributed by atoms with Gasteiger partial charge in [0.05, 0.1) is 25.9 Å². The standard InChI is InChI=1S/C15H22O4/c1-17-11-5-6-14(18-2)12(9-11)13(16)10-15(19-3)7-4-8-15/h5-6,9,13,16H,4,7-8,10H2,1-3H3. The quantitative estimate of drug-likeness (QED) is 0.860. The number of rotatable bonds is 6. The monoisotopic (exact) mass is 266 g/mol. The van der Waals surface area contributed by atoms with Gasteiger partial charge in [-0.05, 0) is 37.5 Å². The summed E-state index contributed by atoms with van der Waals surface area (Å²) in [6.07, 6.45) is 3.16. The third-order valence-corrected chi connectivity index (χ3v) is 4.06. The van der Waals surface area contributed by atoms with Gasteiger partial charge >= 0.3 is 0 Å². The van der Waals surface area contributed by atoms with E-state index < -0.39 is 6.10 Å². The molecule has 1 N–H and O–H groups in total. The van der Waals surface area contributed by atoms with Gasteiger partial charge in [0.1, 0.15) is 11.5 Å². The number of ether oxygens (including phenoxy) is 3. The highest BCUT2D eigenvalue weighted by atomic mass is 16.5. The van der Waals surface area contributed by atoms with Crippen molar-refractivity contribution >= 4 is 0 Å². The molecule has 0 aliphatic heterocycles. The predicted octanol–water partition coefficient (Wildman–Crippen LogP) is 2.70. The molecule has 1 atom stereocenters. The van der Waals surface area contributed by atoms with Crippen LogP contribution in [0.25, 0.3) is 0 Å². The van der Waals surface area contributed by atoms with Crippen LogP contribution in [0.2, 0.25) is 0 Å². The minimum Gasteiger partial charge on any atom is -0.497 e. The van der Waals surface area contributed by atoms with E-state index in [4.69, 9.17) is 14.2 Å². The molecule has 1 fully saturated rings. The average Bonchev–Trinajstić information content (AvgIpc) is 2.41. The van der Waals surface area contributed by atoms with Gasteiger partial charge in [-0.1, -0.05) is 0 Å². The van der Waals surface area contributed by atoms with Gasteiger partial charge in [-0.2, -0.15) is 0 Å². The summed E-state index contributed by atoms with van der Waals surface area (Å²) in [5.41, 5.74) is 0.582. The maximum Gasteiger partial charge on any atom is 0.124 e. The van der Waals surface area contributed by atoms with Crippen molar-refractivity contribution in [2.45, 2.75) is 37.4 Å². The lowest BCUT2D eigenvalue weighted by Gasteiger charge is -2.42. The Bertz CT molecular complexity index is 421. The van der Waals surface area contributed by atoms with E-state index >= 15 is 0 Å². The highest BCUT2D eigenvalue weighted by Gasteiger charge is 2.39. The summed E-state index contributed by atoms with van der Waals surface area (Å²) in [5, 5.41) is 10.5. The van der Waals surface area contributed by atoms with Crippen molar-refractivity contribution in [3.8, 4) is 11.5 Å². The van der Waals surface area contributed by atoms with E-state index in [9.17, 15) is 5.11 Å². The molecule has 1 aromatic rings. The Morgan fingerprint density at radius 1 is 1.21 bits per heavy atom. The van der Waals surface area contributed by atoms with Crippen LogP contribution in [0.15, 0.2) is 18.2 Å². The zero-order valence-corrected chi connectivity index (χ0v) is 11.8. The van der Waals surface area contributed by atoms with Gasteiger partial charge in [-0.25, -0.2) is 0 Å². The number of aliphatic hydroxyl groups excluding tert-OH is 1. The van der Waals surface area contributed by atoms with Crippen LogP contribution < -0.4 is 9.47 Å². The van der Waals surface area contributed by atoms with Gasteiger partial charge in [0.2, 0.25) is 0 Å². The Kier molecular flexibility index (Phi) is 4.32. The third-order valence-electron chi connectivity index (χ3n) is 4.06. The first-order valence-corrected chi connectivity index (χ1v) is 6.59. The van der Waals surface area contributed by atoms with E-state index in [0.29, 0.717) is 12.2 Å². The lowest BCUT2D eigenvalue weighted by Crippen LogP contribution is -2.40. The molecule has 4 nitrogen and oxygen atoms in total. The number of methoxy groups -OCH3 is 3. The molecule has 0 bridgehead atoms. The first-order chi connectivity index (χ1) is 9.14. The van der Waals surface area contributed by atoms with E-state index in [0.717, 1.165) is 30.6 Å². The van der Waals surface area contributed by atoms with Crippen LogP contribution in [-0.2, 0) is 4.74 Å². The van der Waals surface area contributed by atoms with Gasteiger partial charge in [0, 0.05) is 19.1 Å². The molecular formula is C15H22O4. The van der Waals surface area contributed by atoms with E-state index in [2.05, 4.69) is 0 Å². The van der Waals surface area contributed by atoms with Crippen LogP contribution in [0.5, 0.6) is 11.5 Å². The minimum absolute atomic E-state index is 0.173. The van der Waals surface area contributed by atoms with Gasteiger partial charge in [-0.3, -0.25) is 0 Å². The molecule has 0 spiro atoms. The molecule has 1 unspecified atom stereocenters. The smallest absolute Gasteiger partial charge is 0.124 e. The van der Waals surface area contributed by atoms with Crippen LogP contribution in [0.4, 0.5) is 0 Å². The molecule has 4 heteroatoms. The molecule has 1 saturated carbocycles. The zero-order valence-electron chi connectivity index (χ0n) is 11.8. The van der Waals surface area contributed by atoms with Crippen molar-refractivity contribution in [2.75, 3.05) is 21.3 Å². The predicted molar refractivity (Wildman–Crippen MR) is 72.7 cm³/mol. The Balaban J connectivity index is 2.19. The summed E-state index contributed by atoms with van der Waals surface area (Å²) < 4.78 is 16.1. The zero-order chi connectivity index (χ0) is 13.9. The SMILES string of the molecule is COc1ccc(OC)c(C(O)CC2(OC)CCC2)c1. The fourth-order valence-corrected chi connectivity index (χ4v) is 2.62. The maximum atomic E-state index is 10.5. The first-order valence-electron chi connectivity index (χ1n) is 6.59. The van der Waals surface area contributed by atoms with Crippen LogP contribution in [0.3, 0.4) is 0 Å². The lowest BCUT2D eigenvalue weighted by molar-refractivity contribution is -0.100. The second-order valence-electron chi connectivity index (χ2n) is 5.07. The largest absolute Gasteiger partial charge is 0.497 e. The lowest BCUT2D eigenvalue weighted by atomic mass is 9.75. The Labute approximate surface area is 114 Å². The van der Waals surface area contributed by atoms with Crippen LogP contribution >= 0.6 is 0 Å². The van der Waals surface area contributed by atoms with Crippen molar-refractivity contribution in [2.24, 2.45) is 0 Å². The first kappa shape index (κ1) is 14.2. The topological polar surface area (TPSA) is 47.9 Å². The van der Waals surface area contributed by atoms with Gasteiger partial charge < -0.3 is 19.3 Å². The van der Waals surface area contributed by atoms with E-state index in [-0.39, 0.29) is 5.60 Å². The number of hydrogen-bond donors (Lipinski definition) is 1. The fraction of sp³-hybridized carbons (Fsp3) is 0.600. The molecule has 106 valence electrons. The highest BCUT2D eigenvalue weighted by molar-refractivity contribution is 5.41. The Hall–Kier alpha value is -1.26. The van der Waals surface area contributed by atoms with E-state index in [1.165, 1.54) is 0 Å². The summed E-state index contributed by atoms with van der Waals surface area (Å²) in [4.78, 5) is 0. The van der Waals surface area contributed by atoms with Gasteiger partial charge in [0.25, 0.3) is 0 Å². The van der Waals surface area contributed by atoms with Gasteiger partial charge in [-0.15, -0.1) is 0 Å². The molecule has 1 aliphatic carbocycles. The molecule has 0 aromatic heterocycles. The van der Waals surface area contributed by atoms with Crippen molar-refractivity contribution in [1.82, 2.24) is 0 Å².